The average molecular weight is 344 g/mol. The first-order valence-electron chi connectivity index (χ1n) is 7.09. The summed E-state index contributed by atoms with van der Waals surface area (Å²) < 4.78 is 0. The third-order valence-corrected chi connectivity index (χ3v) is 2.32. The van der Waals surface area contributed by atoms with Crippen molar-refractivity contribution >= 4 is 11.9 Å². The van der Waals surface area contributed by atoms with Gasteiger partial charge in [0, 0.05) is 13.2 Å². The molecule has 0 bridgehead atoms. The minimum atomic E-state index is -1.06. The average Bonchev–Trinajstić information content (AvgIpc) is 2.59. The molecule has 0 saturated heterocycles. The number of unbranched alkanes of at least 4 members (excludes halogenated alkanes) is 1. The third-order valence-electron chi connectivity index (χ3n) is 2.32. The molecule has 0 aliphatic heterocycles. The van der Waals surface area contributed by atoms with Crippen LogP contribution in [0.2, 0.25) is 0 Å². The first-order valence-corrected chi connectivity index (χ1v) is 7.09. The molecule has 0 fully saturated rings. The zero-order chi connectivity index (χ0) is 18.8. The van der Waals surface area contributed by atoms with Crippen LogP contribution in [0.4, 0.5) is 0 Å². The van der Waals surface area contributed by atoms with Gasteiger partial charge in [0.2, 0.25) is 0 Å². The second-order valence-corrected chi connectivity index (χ2v) is 4.18. The lowest BCUT2D eigenvalue weighted by molar-refractivity contribution is 0.0681. The molecule has 1 rings (SSSR count). The molecule has 0 radical (unpaired) electrons. The molecule has 0 saturated carbocycles. The maximum atomic E-state index is 10.3. The number of rotatable bonds is 7. The SMILES string of the molecule is O=C(O)c1ccc(C(=O)O)cc1.OCC=CCO.OCCCCO. The highest BCUT2D eigenvalue weighted by Gasteiger charge is 2.04. The van der Waals surface area contributed by atoms with Gasteiger partial charge in [0.15, 0.2) is 0 Å². The van der Waals surface area contributed by atoms with Crippen LogP contribution in [0.1, 0.15) is 33.6 Å². The monoisotopic (exact) mass is 344 g/mol. The Bertz CT molecular complexity index is 424. The second kappa shape index (κ2) is 17.1. The Morgan fingerprint density at radius 2 is 1.00 bits per heavy atom. The maximum absolute atomic E-state index is 10.3. The van der Waals surface area contributed by atoms with E-state index in [2.05, 4.69) is 0 Å². The first-order chi connectivity index (χ1) is 11.4. The smallest absolute Gasteiger partial charge is 0.335 e. The van der Waals surface area contributed by atoms with Crippen LogP contribution in [-0.4, -0.2) is 69.0 Å². The Hall–Kier alpha value is -2.26. The summed E-state index contributed by atoms with van der Waals surface area (Å²) in [5, 5.41) is 49.1. The normalized spacial score (nSPS) is 9.50. The lowest BCUT2D eigenvalue weighted by Crippen LogP contribution is -1.99. The molecule has 6 N–H and O–H groups in total. The predicted molar refractivity (Wildman–Crippen MR) is 87.1 cm³/mol. The third kappa shape index (κ3) is 14.7. The summed E-state index contributed by atoms with van der Waals surface area (Å²) in [7, 11) is 0. The number of aromatic carboxylic acids is 2. The van der Waals surface area contributed by atoms with Gasteiger partial charge in [-0.25, -0.2) is 9.59 Å². The number of benzene rings is 1. The van der Waals surface area contributed by atoms with E-state index in [1.807, 2.05) is 0 Å². The maximum Gasteiger partial charge on any atom is 0.335 e. The molecule has 8 nitrogen and oxygen atoms in total. The van der Waals surface area contributed by atoms with Crippen LogP contribution in [0.25, 0.3) is 0 Å². The summed E-state index contributed by atoms with van der Waals surface area (Å²) >= 11 is 0. The first kappa shape index (κ1) is 24.0. The molecule has 136 valence electrons. The summed E-state index contributed by atoms with van der Waals surface area (Å²) in [6.07, 6.45) is 4.41. The van der Waals surface area contributed by atoms with Crippen LogP contribution < -0.4 is 0 Å². The van der Waals surface area contributed by atoms with Crippen LogP contribution in [0.5, 0.6) is 0 Å². The van der Waals surface area contributed by atoms with Gasteiger partial charge in [0.05, 0.1) is 24.3 Å². The van der Waals surface area contributed by atoms with E-state index in [1.54, 1.807) is 0 Å². The fourth-order valence-corrected chi connectivity index (χ4v) is 1.13. The van der Waals surface area contributed by atoms with Crippen LogP contribution in [0, 0.1) is 0 Å². The highest BCUT2D eigenvalue weighted by atomic mass is 16.4. The molecule has 0 amide bonds. The standard InChI is InChI=1S/C8H6O4.C4H10O2.C4H8O2/c9-7(10)5-1-2-6(4-3-5)8(11)12;2*5-3-1-2-4-6/h1-4H,(H,9,10)(H,11,12);5-6H,1-4H2;1-2,5-6H,3-4H2. The van der Waals surface area contributed by atoms with Crippen molar-refractivity contribution < 1.29 is 40.2 Å². The van der Waals surface area contributed by atoms with Gasteiger partial charge in [-0.1, -0.05) is 12.2 Å². The summed E-state index contributed by atoms with van der Waals surface area (Å²) in [6.45, 7) is 0.419. The Morgan fingerprint density at radius 1 is 0.708 bits per heavy atom. The van der Waals surface area contributed by atoms with Gasteiger partial charge < -0.3 is 30.6 Å². The highest BCUT2D eigenvalue weighted by molar-refractivity contribution is 5.91. The van der Waals surface area contributed by atoms with E-state index < -0.39 is 11.9 Å². The number of hydrogen-bond acceptors (Lipinski definition) is 6. The molecule has 24 heavy (non-hydrogen) atoms. The van der Waals surface area contributed by atoms with Gasteiger partial charge >= 0.3 is 11.9 Å². The molecule has 0 unspecified atom stereocenters. The van der Waals surface area contributed by atoms with E-state index in [1.165, 1.54) is 36.4 Å². The largest absolute Gasteiger partial charge is 0.478 e. The lowest BCUT2D eigenvalue weighted by Gasteiger charge is -1.94. The van der Waals surface area contributed by atoms with E-state index in [0.29, 0.717) is 0 Å². The van der Waals surface area contributed by atoms with Crippen LogP contribution in [0.3, 0.4) is 0 Å². The van der Waals surface area contributed by atoms with Crippen molar-refractivity contribution in [2.75, 3.05) is 26.4 Å². The Balaban J connectivity index is 0. The minimum Gasteiger partial charge on any atom is -0.478 e. The Labute approximate surface area is 139 Å². The van der Waals surface area contributed by atoms with Gasteiger partial charge in [0.25, 0.3) is 0 Å². The zero-order valence-corrected chi connectivity index (χ0v) is 13.2. The second-order valence-electron chi connectivity index (χ2n) is 4.18. The molecule has 1 aromatic rings. The van der Waals surface area contributed by atoms with Gasteiger partial charge in [-0.3, -0.25) is 0 Å². The molecular formula is C16H24O8. The van der Waals surface area contributed by atoms with E-state index in [-0.39, 0.29) is 37.6 Å². The molecule has 0 aliphatic carbocycles. The molecule has 8 heteroatoms. The fraction of sp³-hybridized carbons (Fsp3) is 0.375. The fourth-order valence-electron chi connectivity index (χ4n) is 1.13. The van der Waals surface area contributed by atoms with Crippen LogP contribution >= 0.6 is 0 Å². The van der Waals surface area contributed by atoms with Crippen molar-refractivity contribution in [1.82, 2.24) is 0 Å². The topological polar surface area (TPSA) is 156 Å². The molecule has 0 spiro atoms. The van der Waals surface area contributed by atoms with Crippen LogP contribution in [-0.2, 0) is 0 Å². The summed E-state index contributed by atoms with van der Waals surface area (Å²) in [4.78, 5) is 20.7. The van der Waals surface area contributed by atoms with Crippen molar-refractivity contribution in [2.24, 2.45) is 0 Å². The summed E-state index contributed by atoms with van der Waals surface area (Å²) in [5.41, 5.74) is 0.167. The Morgan fingerprint density at radius 3 is 1.17 bits per heavy atom. The number of aliphatic hydroxyl groups excluding tert-OH is 4. The summed E-state index contributed by atoms with van der Waals surface area (Å²) in [6, 6.07) is 5.02. The van der Waals surface area contributed by atoms with Crippen molar-refractivity contribution in [2.45, 2.75) is 12.8 Å². The highest BCUT2D eigenvalue weighted by Crippen LogP contribution is 2.03. The zero-order valence-electron chi connectivity index (χ0n) is 13.2. The van der Waals surface area contributed by atoms with Crippen molar-refractivity contribution in [3.8, 4) is 0 Å². The van der Waals surface area contributed by atoms with Gasteiger partial charge in [-0.2, -0.15) is 0 Å². The van der Waals surface area contributed by atoms with E-state index in [9.17, 15) is 9.59 Å². The predicted octanol–water partition coefficient (Wildman–Crippen LogP) is 0.361. The minimum absolute atomic E-state index is 0.0144. The summed E-state index contributed by atoms with van der Waals surface area (Å²) in [5.74, 6) is -2.13. The van der Waals surface area contributed by atoms with Gasteiger partial charge in [-0.05, 0) is 37.1 Å². The molecular weight excluding hydrogens is 320 g/mol. The molecule has 0 heterocycles. The van der Waals surface area contributed by atoms with E-state index >= 15 is 0 Å². The number of carboxylic acid groups (broad SMARTS) is 2. The number of hydrogen-bond donors (Lipinski definition) is 6. The van der Waals surface area contributed by atoms with Crippen molar-refractivity contribution in [1.29, 1.82) is 0 Å². The number of carbonyl (C=O) groups is 2. The van der Waals surface area contributed by atoms with Gasteiger partial charge in [-0.15, -0.1) is 0 Å². The molecule has 1 aromatic carbocycles. The number of carboxylic acids is 2. The Kier molecular flexibility index (Phi) is 17.1. The molecule has 0 aliphatic rings. The molecule has 0 aromatic heterocycles. The van der Waals surface area contributed by atoms with E-state index in [4.69, 9.17) is 30.6 Å². The number of aliphatic hydroxyl groups is 4. The quantitative estimate of drug-likeness (QED) is 0.306. The van der Waals surface area contributed by atoms with E-state index in [0.717, 1.165) is 12.8 Å². The molecule has 0 atom stereocenters. The van der Waals surface area contributed by atoms with Gasteiger partial charge in [0.1, 0.15) is 0 Å². The van der Waals surface area contributed by atoms with Crippen LogP contribution in [0.15, 0.2) is 36.4 Å². The van der Waals surface area contributed by atoms with Crippen molar-refractivity contribution in [3.05, 3.63) is 47.5 Å². The lowest BCUT2D eigenvalue weighted by atomic mass is 10.1. The van der Waals surface area contributed by atoms with Crippen molar-refractivity contribution in [3.63, 3.8) is 0 Å².